The van der Waals surface area contributed by atoms with Gasteiger partial charge in [-0.05, 0) is 29.8 Å². The highest BCUT2D eigenvalue weighted by molar-refractivity contribution is 9.10. The number of ether oxygens (including phenoxy) is 1. The van der Waals surface area contributed by atoms with Crippen LogP contribution in [0.3, 0.4) is 0 Å². The van der Waals surface area contributed by atoms with E-state index in [0.29, 0.717) is 16.7 Å². The average Bonchev–Trinajstić information content (AvgIpc) is 2.52. The van der Waals surface area contributed by atoms with Crippen LogP contribution in [0, 0.1) is 0 Å². The zero-order valence-corrected chi connectivity index (χ0v) is 13.0. The van der Waals surface area contributed by atoms with Crippen LogP contribution in [0.1, 0.15) is 26.3 Å². The first kappa shape index (κ1) is 15.2. The van der Waals surface area contributed by atoms with Crippen molar-refractivity contribution in [2.45, 2.75) is 0 Å². The topological polar surface area (TPSA) is 43.4 Å². The Morgan fingerprint density at radius 3 is 2.57 bits per heavy atom. The van der Waals surface area contributed by atoms with Crippen LogP contribution in [0.15, 0.2) is 59.1 Å². The van der Waals surface area contributed by atoms with Crippen molar-refractivity contribution in [3.05, 3.63) is 75.8 Å². The maximum absolute atomic E-state index is 12.1. The molecule has 2 aromatic carbocycles. The summed E-state index contributed by atoms with van der Waals surface area (Å²) in [6, 6.07) is 14.1. The lowest BCUT2D eigenvalue weighted by Gasteiger charge is -2.03. The van der Waals surface area contributed by atoms with E-state index in [1.807, 2.05) is 6.07 Å². The van der Waals surface area contributed by atoms with Gasteiger partial charge in [-0.1, -0.05) is 52.3 Å². The molecule has 0 saturated heterocycles. The number of methoxy groups -OCH3 is 1. The third kappa shape index (κ3) is 3.89. The summed E-state index contributed by atoms with van der Waals surface area (Å²) in [4.78, 5) is 23.7. The van der Waals surface area contributed by atoms with Gasteiger partial charge in [0.2, 0.25) is 0 Å². The lowest BCUT2D eigenvalue weighted by molar-refractivity contribution is 0.0600. The standard InChI is InChI=1S/C17H13BrO3/c1-21-17(20)15-8-3-2-5-12(15)9-10-16(19)13-6-4-7-14(18)11-13/h2-11H,1H3/b10-9+. The van der Waals surface area contributed by atoms with E-state index in [1.165, 1.54) is 13.2 Å². The molecule has 0 aliphatic rings. The van der Waals surface area contributed by atoms with Crippen molar-refractivity contribution in [1.29, 1.82) is 0 Å². The van der Waals surface area contributed by atoms with E-state index in [2.05, 4.69) is 15.9 Å². The molecular formula is C17H13BrO3. The molecule has 0 aliphatic heterocycles. The van der Waals surface area contributed by atoms with E-state index in [4.69, 9.17) is 4.74 Å². The fraction of sp³-hybridized carbons (Fsp3) is 0.0588. The zero-order valence-electron chi connectivity index (χ0n) is 11.4. The fourth-order valence-electron chi connectivity index (χ4n) is 1.84. The van der Waals surface area contributed by atoms with E-state index in [0.717, 1.165) is 4.47 Å². The molecule has 21 heavy (non-hydrogen) atoms. The molecule has 0 saturated carbocycles. The molecule has 0 fully saturated rings. The number of hydrogen-bond donors (Lipinski definition) is 0. The van der Waals surface area contributed by atoms with E-state index < -0.39 is 5.97 Å². The molecule has 0 aliphatic carbocycles. The van der Waals surface area contributed by atoms with Crippen LogP contribution in [0.25, 0.3) is 6.08 Å². The SMILES string of the molecule is COC(=O)c1ccccc1/C=C/C(=O)c1cccc(Br)c1. The molecule has 0 amide bonds. The molecule has 2 rings (SSSR count). The minimum Gasteiger partial charge on any atom is -0.465 e. The lowest BCUT2D eigenvalue weighted by Crippen LogP contribution is -2.03. The van der Waals surface area contributed by atoms with E-state index in [-0.39, 0.29) is 5.78 Å². The van der Waals surface area contributed by atoms with Gasteiger partial charge in [0, 0.05) is 10.0 Å². The number of ketones is 1. The Kier molecular flexibility index (Phi) is 5.06. The normalized spacial score (nSPS) is 10.6. The Hall–Kier alpha value is -2.20. The molecule has 0 N–H and O–H groups in total. The molecule has 2 aromatic rings. The number of allylic oxidation sites excluding steroid dienone is 1. The molecule has 0 aromatic heterocycles. The Balaban J connectivity index is 2.26. The van der Waals surface area contributed by atoms with E-state index >= 15 is 0 Å². The second-order valence-electron chi connectivity index (χ2n) is 4.29. The van der Waals surface area contributed by atoms with Crippen LogP contribution in [0.5, 0.6) is 0 Å². The maximum Gasteiger partial charge on any atom is 0.338 e. The van der Waals surface area contributed by atoms with E-state index in [9.17, 15) is 9.59 Å². The van der Waals surface area contributed by atoms with Crippen LogP contribution in [-0.2, 0) is 4.74 Å². The highest BCUT2D eigenvalue weighted by atomic mass is 79.9. The van der Waals surface area contributed by atoms with Crippen molar-refractivity contribution < 1.29 is 14.3 Å². The van der Waals surface area contributed by atoms with Gasteiger partial charge in [0.05, 0.1) is 12.7 Å². The smallest absolute Gasteiger partial charge is 0.338 e. The number of rotatable bonds is 4. The molecule has 0 heterocycles. The van der Waals surface area contributed by atoms with Gasteiger partial charge >= 0.3 is 5.97 Å². The van der Waals surface area contributed by atoms with Gasteiger partial charge in [0.25, 0.3) is 0 Å². The molecule has 3 nitrogen and oxygen atoms in total. The van der Waals surface area contributed by atoms with E-state index in [1.54, 1.807) is 48.5 Å². The minimum absolute atomic E-state index is 0.129. The Bertz CT molecular complexity index is 705. The minimum atomic E-state index is -0.426. The highest BCUT2D eigenvalue weighted by Gasteiger charge is 2.09. The predicted molar refractivity (Wildman–Crippen MR) is 85.3 cm³/mol. The Morgan fingerprint density at radius 2 is 1.86 bits per heavy atom. The maximum atomic E-state index is 12.1. The Labute approximate surface area is 131 Å². The third-order valence-electron chi connectivity index (χ3n) is 2.89. The summed E-state index contributed by atoms with van der Waals surface area (Å²) in [6.45, 7) is 0. The van der Waals surface area contributed by atoms with Crippen molar-refractivity contribution in [1.82, 2.24) is 0 Å². The summed E-state index contributed by atoms with van der Waals surface area (Å²) in [5.74, 6) is -0.555. The fourth-order valence-corrected chi connectivity index (χ4v) is 2.24. The van der Waals surface area contributed by atoms with Gasteiger partial charge in [0.15, 0.2) is 5.78 Å². The number of halogens is 1. The van der Waals surface area contributed by atoms with Gasteiger partial charge in [-0.15, -0.1) is 0 Å². The molecule has 0 atom stereocenters. The molecule has 4 heteroatoms. The zero-order chi connectivity index (χ0) is 15.2. The molecule has 106 valence electrons. The van der Waals surface area contributed by atoms with Crippen LogP contribution < -0.4 is 0 Å². The molecule has 0 unspecified atom stereocenters. The summed E-state index contributed by atoms with van der Waals surface area (Å²) >= 11 is 3.33. The summed E-state index contributed by atoms with van der Waals surface area (Å²) in [6.07, 6.45) is 3.07. The van der Waals surface area contributed by atoms with Crippen LogP contribution in [0.2, 0.25) is 0 Å². The number of carbonyl (C=O) groups excluding carboxylic acids is 2. The summed E-state index contributed by atoms with van der Waals surface area (Å²) < 4.78 is 5.56. The number of benzene rings is 2. The van der Waals surface area contributed by atoms with Crippen molar-refractivity contribution in [2.75, 3.05) is 7.11 Å². The van der Waals surface area contributed by atoms with Gasteiger partial charge in [-0.25, -0.2) is 4.79 Å². The van der Waals surface area contributed by atoms with Gasteiger partial charge in [-0.2, -0.15) is 0 Å². The Morgan fingerprint density at radius 1 is 1.10 bits per heavy atom. The largest absolute Gasteiger partial charge is 0.465 e. The number of carbonyl (C=O) groups is 2. The van der Waals surface area contributed by atoms with Crippen molar-refractivity contribution in [3.63, 3.8) is 0 Å². The molecule has 0 spiro atoms. The van der Waals surface area contributed by atoms with Crippen molar-refractivity contribution in [2.24, 2.45) is 0 Å². The first-order chi connectivity index (χ1) is 10.1. The molecular weight excluding hydrogens is 332 g/mol. The predicted octanol–water partition coefficient (Wildman–Crippen LogP) is 4.13. The van der Waals surface area contributed by atoms with Crippen LogP contribution >= 0.6 is 15.9 Å². The summed E-state index contributed by atoms with van der Waals surface area (Å²) in [7, 11) is 1.33. The highest BCUT2D eigenvalue weighted by Crippen LogP contribution is 2.15. The van der Waals surface area contributed by atoms with Crippen LogP contribution in [-0.4, -0.2) is 18.9 Å². The van der Waals surface area contributed by atoms with Crippen LogP contribution in [0.4, 0.5) is 0 Å². The first-order valence-electron chi connectivity index (χ1n) is 6.27. The monoisotopic (exact) mass is 344 g/mol. The average molecular weight is 345 g/mol. The number of hydrogen-bond acceptors (Lipinski definition) is 3. The molecule has 0 radical (unpaired) electrons. The molecule has 0 bridgehead atoms. The summed E-state index contributed by atoms with van der Waals surface area (Å²) in [5.41, 5.74) is 1.65. The van der Waals surface area contributed by atoms with Gasteiger partial charge < -0.3 is 4.74 Å². The third-order valence-corrected chi connectivity index (χ3v) is 3.38. The summed E-state index contributed by atoms with van der Waals surface area (Å²) in [5, 5.41) is 0. The van der Waals surface area contributed by atoms with Gasteiger partial charge in [-0.3, -0.25) is 4.79 Å². The second-order valence-corrected chi connectivity index (χ2v) is 5.20. The second kappa shape index (κ2) is 6.99. The first-order valence-corrected chi connectivity index (χ1v) is 7.06. The number of esters is 1. The van der Waals surface area contributed by atoms with Gasteiger partial charge in [0.1, 0.15) is 0 Å². The lowest BCUT2D eigenvalue weighted by atomic mass is 10.1. The van der Waals surface area contributed by atoms with Crippen molar-refractivity contribution >= 4 is 33.8 Å². The quantitative estimate of drug-likeness (QED) is 0.475. The van der Waals surface area contributed by atoms with Crippen molar-refractivity contribution in [3.8, 4) is 0 Å².